The molecule has 3 heterocycles. The predicted octanol–water partition coefficient (Wildman–Crippen LogP) is 7.75. The minimum absolute atomic E-state index is 0.0258. The lowest BCUT2D eigenvalue weighted by Crippen LogP contribution is -2.49. The van der Waals surface area contributed by atoms with Gasteiger partial charge >= 0.3 is 0 Å². The van der Waals surface area contributed by atoms with E-state index in [0.29, 0.717) is 28.2 Å². The second kappa shape index (κ2) is 16.2. The fraction of sp³-hybridized carbons (Fsp3) is 0.318. The fourth-order valence-electron chi connectivity index (χ4n) is 6.90. The maximum Gasteiger partial charge on any atom is 0.256 e. The van der Waals surface area contributed by atoms with E-state index < -0.39 is 38.5 Å². The van der Waals surface area contributed by atoms with Gasteiger partial charge in [-0.1, -0.05) is 93.6 Å². The van der Waals surface area contributed by atoms with E-state index in [9.17, 15) is 9.90 Å². The Morgan fingerprint density at radius 3 is 1.93 bits per heavy atom. The van der Waals surface area contributed by atoms with Crippen LogP contribution in [0.2, 0.25) is 18.1 Å². The van der Waals surface area contributed by atoms with Gasteiger partial charge in [-0.3, -0.25) is 9.36 Å². The Bertz CT molecular complexity index is 2230. The molecule has 6 aromatic rings. The molecule has 1 fully saturated rings. The third-order valence-corrected chi connectivity index (χ3v) is 15.6. The number of methoxy groups -OCH3 is 2. The lowest BCUT2D eigenvalue weighted by Gasteiger charge is -2.40. The molecule has 4 atom stereocenters. The molecule has 0 spiro atoms. The second-order valence-corrected chi connectivity index (χ2v) is 20.3. The predicted molar refractivity (Wildman–Crippen MR) is 220 cm³/mol. The number of aromatic nitrogens is 4. The van der Waals surface area contributed by atoms with Crippen molar-refractivity contribution in [2.75, 3.05) is 26.1 Å². The number of benzene rings is 4. The molecule has 1 aliphatic heterocycles. The topological polar surface area (TPSA) is 139 Å². The Morgan fingerprint density at radius 1 is 0.807 bits per heavy atom. The van der Waals surface area contributed by atoms with Gasteiger partial charge < -0.3 is 33.8 Å². The molecule has 1 aliphatic rings. The van der Waals surface area contributed by atoms with E-state index in [1.807, 2.05) is 84.9 Å². The highest BCUT2D eigenvalue weighted by molar-refractivity contribution is 6.74. The summed E-state index contributed by atoms with van der Waals surface area (Å²) in [5, 5.41) is 15.0. The molecule has 57 heavy (non-hydrogen) atoms. The van der Waals surface area contributed by atoms with Crippen LogP contribution in [0.3, 0.4) is 0 Å². The maximum atomic E-state index is 13.1. The lowest BCUT2D eigenvalue weighted by molar-refractivity contribution is -0.0940. The van der Waals surface area contributed by atoms with Crippen LogP contribution in [0.1, 0.15) is 54.0 Å². The zero-order chi connectivity index (χ0) is 40.4. The number of amides is 1. The summed E-state index contributed by atoms with van der Waals surface area (Å²) >= 11 is 0. The van der Waals surface area contributed by atoms with Crippen molar-refractivity contribution >= 4 is 31.2 Å². The van der Waals surface area contributed by atoms with E-state index in [1.165, 1.54) is 6.33 Å². The van der Waals surface area contributed by atoms with Gasteiger partial charge in [0.25, 0.3) is 5.91 Å². The van der Waals surface area contributed by atoms with E-state index in [0.717, 1.165) is 16.7 Å². The summed E-state index contributed by atoms with van der Waals surface area (Å²) in [6.07, 6.45) is -0.671. The van der Waals surface area contributed by atoms with Crippen LogP contribution >= 0.6 is 0 Å². The first-order valence-electron chi connectivity index (χ1n) is 18.9. The van der Waals surface area contributed by atoms with Gasteiger partial charge in [-0.25, -0.2) is 15.0 Å². The normalized spacial score (nSPS) is 18.7. The van der Waals surface area contributed by atoms with Crippen LogP contribution in [0.4, 0.5) is 5.82 Å². The number of hydrogen-bond acceptors (Lipinski definition) is 10. The molecular formula is C44H49N5O7Si. The van der Waals surface area contributed by atoms with Gasteiger partial charge in [-0.2, -0.15) is 0 Å². The number of anilines is 1. The van der Waals surface area contributed by atoms with E-state index >= 15 is 0 Å². The first-order valence-corrected chi connectivity index (χ1v) is 21.8. The SMILES string of the molecule is COc1ccc(C(OCC2OC(n3cnc4c(NC(=O)c5ccccc5)ncnc43)C(O[Si](C)(C)C(C)(C)C)[C@H]2O)(c2ccccc2)c2ccc(OC)cc2)cc1. The molecule has 1 saturated heterocycles. The smallest absolute Gasteiger partial charge is 0.256 e. The summed E-state index contributed by atoms with van der Waals surface area (Å²) in [5.74, 6) is 1.33. The second-order valence-electron chi connectivity index (χ2n) is 15.6. The molecule has 0 saturated carbocycles. The molecule has 296 valence electrons. The number of nitrogens with zero attached hydrogens (tertiary/aromatic N) is 4. The summed E-state index contributed by atoms with van der Waals surface area (Å²) in [4.78, 5) is 26.7. The summed E-state index contributed by atoms with van der Waals surface area (Å²) < 4.78 is 33.8. The van der Waals surface area contributed by atoms with Gasteiger partial charge in [0, 0.05) is 5.56 Å². The summed E-state index contributed by atoms with van der Waals surface area (Å²) in [6.45, 7) is 10.7. The molecular weight excluding hydrogens is 739 g/mol. The van der Waals surface area contributed by atoms with Crippen LogP contribution in [0.5, 0.6) is 11.5 Å². The highest BCUT2D eigenvalue weighted by atomic mass is 28.4. The Kier molecular flexibility index (Phi) is 11.3. The van der Waals surface area contributed by atoms with E-state index in [1.54, 1.807) is 49.4 Å². The molecule has 7 rings (SSSR count). The third kappa shape index (κ3) is 7.81. The monoisotopic (exact) mass is 787 g/mol. The molecule has 1 amide bonds. The average molecular weight is 788 g/mol. The summed E-state index contributed by atoms with van der Waals surface area (Å²) in [6, 6.07) is 34.4. The molecule has 2 aromatic heterocycles. The van der Waals surface area contributed by atoms with Crippen molar-refractivity contribution in [1.29, 1.82) is 0 Å². The zero-order valence-corrected chi connectivity index (χ0v) is 34.2. The summed E-state index contributed by atoms with van der Waals surface area (Å²) in [7, 11) is 0.769. The first-order chi connectivity index (χ1) is 27.4. The number of carbonyl (C=O) groups is 1. The van der Waals surface area contributed by atoms with Gasteiger partial charge in [0.15, 0.2) is 31.5 Å². The van der Waals surface area contributed by atoms with Crippen LogP contribution < -0.4 is 14.8 Å². The Morgan fingerprint density at radius 2 is 1.37 bits per heavy atom. The van der Waals surface area contributed by atoms with Crippen molar-refractivity contribution in [2.24, 2.45) is 0 Å². The minimum atomic E-state index is -2.50. The van der Waals surface area contributed by atoms with Crippen LogP contribution in [0.15, 0.2) is 122 Å². The van der Waals surface area contributed by atoms with Crippen LogP contribution in [-0.2, 0) is 19.5 Å². The molecule has 12 nitrogen and oxygen atoms in total. The first kappa shape index (κ1) is 39.8. The van der Waals surface area contributed by atoms with Crippen molar-refractivity contribution in [3.8, 4) is 11.5 Å². The van der Waals surface area contributed by atoms with E-state index in [4.69, 9.17) is 23.4 Å². The van der Waals surface area contributed by atoms with Crippen LogP contribution in [0, 0.1) is 0 Å². The zero-order valence-electron chi connectivity index (χ0n) is 33.2. The number of rotatable bonds is 13. The average Bonchev–Trinajstić information content (AvgIpc) is 3.79. The minimum Gasteiger partial charge on any atom is -0.497 e. The van der Waals surface area contributed by atoms with Gasteiger partial charge in [0.1, 0.15) is 41.7 Å². The fourth-order valence-corrected chi connectivity index (χ4v) is 8.19. The number of ether oxygens (including phenoxy) is 4. The Labute approximate surface area is 333 Å². The molecule has 0 bridgehead atoms. The number of carbonyl (C=O) groups excluding carboxylic acids is 1. The highest BCUT2D eigenvalue weighted by Gasteiger charge is 2.52. The van der Waals surface area contributed by atoms with Gasteiger partial charge in [-0.15, -0.1) is 0 Å². The molecule has 2 N–H and O–H groups in total. The highest BCUT2D eigenvalue weighted by Crippen LogP contribution is 2.45. The number of aliphatic hydroxyl groups is 1. The Hall–Kier alpha value is -5.44. The van der Waals surface area contributed by atoms with E-state index in [2.05, 4.69) is 54.1 Å². The van der Waals surface area contributed by atoms with Crippen molar-refractivity contribution < 1.29 is 33.3 Å². The molecule has 4 aromatic carbocycles. The number of nitrogens with one attached hydrogen (secondary N) is 1. The summed E-state index contributed by atoms with van der Waals surface area (Å²) in [5.41, 5.74) is 2.69. The van der Waals surface area contributed by atoms with Gasteiger partial charge in [0.2, 0.25) is 0 Å². The van der Waals surface area contributed by atoms with Crippen molar-refractivity contribution in [2.45, 2.75) is 69.0 Å². The molecule has 0 radical (unpaired) electrons. The van der Waals surface area contributed by atoms with Crippen molar-refractivity contribution in [1.82, 2.24) is 19.5 Å². The lowest BCUT2D eigenvalue weighted by atomic mass is 9.80. The number of imidazole rings is 1. The largest absolute Gasteiger partial charge is 0.497 e. The third-order valence-electron chi connectivity index (χ3n) is 11.1. The van der Waals surface area contributed by atoms with Gasteiger partial charge in [0.05, 0.1) is 27.2 Å². The van der Waals surface area contributed by atoms with Crippen LogP contribution in [-0.4, -0.2) is 78.0 Å². The quantitative estimate of drug-likeness (QED) is 0.0883. The molecule has 13 heteroatoms. The van der Waals surface area contributed by atoms with Crippen molar-refractivity contribution in [3.63, 3.8) is 0 Å². The standard InChI is InChI=1S/C44H49N5O7Si/c1-43(2,3)57(6,7)56-38-37(50)35(55-42(38)49-28-47-36-39(45-27-46-40(36)49)48-41(51)29-14-10-8-11-15-29)26-54-44(30-16-12-9-13-17-30,31-18-22-33(52-4)23-19-31)32-20-24-34(53-5)25-21-32/h8-25,27-28,35,37-38,42,50H,26H2,1-7H3,(H,45,46,48,51)/t35?,37-,38?,42?/m0/s1. The Balaban J connectivity index is 1.28. The van der Waals surface area contributed by atoms with Crippen LogP contribution in [0.25, 0.3) is 11.2 Å². The maximum absolute atomic E-state index is 13.1. The van der Waals surface area contributed by atoms with Gasteiger partial charge in [-0.05, 0) is 71.2 Å². The molecule has 3 unspecified atom stereocenters. The molecule has 0 aliphatic carbocycles. The van der Waals surface area contributed by atoms with E-state index in [-0.39, 0.29) is 23.4 Å². The van der Waals surface area contributed by atoms with Crippen molar-refractivity contribution in [3.05, 3.63) is 144 Å². The number of aliphatic hydroxyl groups excluding tert-OH is 1. The number of hydrogen-bond donors (Lipinski definition) is 2. The number of fused-ring (bicyclic) bond motifs is 1.